The van der Waals surface area contributed by atoms with Gasteiger partial charge in [0.2, 0.25) is 6.71 Å². The standard InChI is InChI=1S/C41H29BN2S/c1-41(2)31-20-10-11-21-33(31)42-34-22-13-19-30-38(34)44(39-29-18-9-12-23-36(29)45-40(30)39)35-25-28(24-32(41)37(35)42)43(26-14-5-3-6-15-26)27-16-7-4-8-17-27/h3-25H,1-2H3. The van der Waals surface area contributed by atoms with Crippen molar-refractivity contribution in [2.75, 3.05) is 4.90 Å². The van der Waals surface area contributed by atoms with Crippen molar-refractivity contribution in [1.82, 2.24) is 4.57 Å². The van der Waals surface area contributed by atoms with E-state index in [1.807, 2.05) is 11.3 Å². The average Bonchev–Trinajstić information content (AvgIpc) is 3.62. The van der Waals surface area contributed by atoms with E-state index in [-0.39, 0.29) is 12.1 Å². The fraction of sp³-hybridized carbons (Fsp3) is 0.0732. The maximum Gasteiger partial charge on any atom is 0.247 e. The van der Waals surface area contributed by atoms with Gasteiger partial charge in [-0.2, -0.15) is 0 Å². The highest BCUT2D eigenvalue weighted by atomic mass is 32.1. The highest BCUT2D eigenvalue weighted by Gasteiger charge is 2.45. The normalized spacial score (nSPS) is 14.1. The average molecular weight is 593 g/mol. The second-order valence-electron chi connectivity index (χ2n) is 12.9. The topological polar surface area (TPSA) is 8.17 Å². The largest absolute Gasteiger partial charge is 0.310 e. The van der Waals surface area contributed by atoms with Gasteiger partial charge in [-0.3, -0.25) is 0 Å². The molecule has 2 aliphatic rings. The summed E-state index contributed by atoms with van der Waals surface area (Å²) in [5, 5.41) is 2.68. The predicted octanol–water partition coefficient (Wildman–Crippen LogP) is 8.94. The fourth-order valence-electron chi connectivity index (χ4n) is 8.32. The first-order valence-corrected chi connectivity index (χ1v) is 16.6. The lowest BCUT2D eigenvalue weighted by Gasteiger charge is -2.43. The molecule has 45 heavy (non-hydrogen) atoms. The molecule has 4 heteroatoms. The fourth-order valence-corrected chi connectivity index (χ4v) is 9.53. The van der Waals surface area contributed by atoms with Gasteiger partial charge in [0, 0.05) is 43.6 Å². The summed E-state index contributed by atoms with van der Waals surface area (Å²) in [7, 11) is 0. The van der Waals surface area contributed by atoms with Crippen LogP contribution in [0.4, 0.5) is 17.1 Å². The Morgan fingerprint density at radius 3 is 2.00 bits per heavy atom. The highest BCUT2D eigenvalue weighted by Crippen LogP contribution is 2.46. The highest BCUT2D eigenvalue weighted by molar-refractivity contribution is 7.26. The first-order chi connectivity index (χ1) is 22.1. The third kappa shape index (κ3) is 3.30. The molecule has 0 bridgehead atoms. The molecule has 0 saturated heterocycles. The van der Waals surface area contributed by atoms with Crippen LogP contribution in [0.25, 0.3) is 36.9 Å². The molecule has 8 aromatic rings. The van der Waals surface area contributed by atoms with E-state index < -0.39 is 0 Å². The zero-order valence-corrected chi connectivity index (χ0v) is 26.0. The third-order valence-electron chi connectivity index (χ3n) is 10.2. The van der Waals surface area contributed by atoms with Crippen LogP contribution in [0.3, 0.4) is 0 Å². The van der Waals surface area contributed by atoms with Crippen molar-refractivity contribution in [2.45, 2.75) is 19.3 Å². The van der Waals surface area contributed by atoms with Gasteiger partial charge in [0.15, 0.2) is 0 Å². The van der Waals surface area contributed by atoms with Gasteiger partial charge in [0.1, 0.15) is 0 Å². The Bertz CT molecular complexity index is 2430. The van der Waals surface area contributed by atoms with E-state index in [1.54, 1.807) is 0 Å². The van der Waals surface area contributed by atoms with Crippen LogP contribution in [0, 0.1) is 0 Å². The maximum absolute atomic E-state index is 2.62. The lowest BCUT2D eigenvalue weighted by atomic mass is 9.30. The zero-order chi connectivity index (χ0) is 29.9. The molecule has 0 atom stereocenters. The van der Waals surface area contributed by atoms with Crippen molar-refractivity contribution in [3.63, 3.8) is 0 Å². The second-order valence-corrected chi connectivity index (χ2v) is 14.0. The predicted molar refractivity (Wildman–Crippen MR) is 194 cm³/mol. The number of hydrogen-bond donors (Lipinski definition) is 0. The van der Waals surface area contributed by atoms with Crippen molar-refractivity contribution in [1.29, 1.82) is 0 Å². The molecule has 6 aromatic carbocycles. The molecule has 4 heterocycles. The molecule has 0 amide bonds. The molecule has 0 radical (unpaired) electrons. The van der Waals surface area contributed by atoms with Crippen LogP contribution in [0.1, 0.15) is 25.0 Å². The summed E-state index contributed by atoms with van der Waals surface area (Å²) in [6.07, 6.45) is 0. The van der Waals surface area contributed by atoms with Gasteiger partial charge in [-0.05, 0) is 64.5 Å². The number of para-hydroxylation sites is 3. The Kier molecular flexibility index (Phi) is 5.06. The van der Waals surface area contributed by atoms with Crippen LogP contribution < -0.4 is 21.3 Å². The van der Waals surface area contributed by atoms with E-state index in [0.29, 0.717) is 0 Å². The zero-order valence-electron chi connectivity index (χ0n) is 25.2. The van der Waals surface area contributed by atoms with Crippen LogP contribution in [-0.4, -0.2) is 11.3 Å². The first kappa shape index (κ1) is 25.3. The van der Waals surface area contributed by atoms with Crippen LogP contribution >= 0.6 is 11.3 Å². The molecule has 0 spiro atoms. The Balaban J connectivity index is 1.40. The molecule has 0 aliphatic carbocycles. The van der Waals surface area contributed by atoms with Crippen LogP contribution in [0.2, 0.25) is 0 Å². The van der Waals surface area contributed by atoms with Gasteiger partial charge in [0.05, 0.1) is 15.7 Å². The summed E-state index contributed by atoms with van der Waals surface area (Å²) in [5.74, 6) is 0. The Labute approximate surface area is 266 Å². The number of thiophene rings is 1. The van der Waals surface area contributed by atoms with E-state index in [9.17, 15) is 0 Å². The SMILES string of the molecule is CC1(C)c2ccccc2B2c3c(cc(N(c4ccccc4)c4ccccc4)cc31)-n1c3c2cccc3c2sc3ccccc3c21. The van der Waals surface area contributed by atoms with E-state index in [1.165, 1.54) is 70.1 Å². The number of aromatic nitrogens is 1. The minimum atomic E-state index is -0.180. The monoisotopic (exact) mass is 592 g/mol. The molecule has 0 N–H and O–H groups in total. The summed E-state index contributed by atoms with van der Waals surface area (Å²) >= 11 is 1.93. The summed E-state index contributed by atoms with van der Waals surface area (Å²) in [4.78, 5) is 2.42. The lowest BCUT2D eigenvalue weighted by molar-refractivity contribution is 0.645. The summed E-state index contributed by atoms with van der Waals surface area (Å²) < 4.78 is 5.34. The van der Waals surface area contributed by atoms with Crippen molar-refractivity contribution in [3.05, 3.63) is 151 Å². The second kappa shape index (κ2) is 9.00. The molecular formula is C41H29BN2S. The van der Waals surface area contributed by atoms with E-state index in [0.717, 1.165) is 11.4 Å². The van der Waals surface area contributed by atoms with Crippen LogP contribution in [-0.2, 0) is 5.41 Å². The van der Waals surface area contributed by atoms with Gasteiger partial charge in [-0.1, -0.05) is 116 Å². The quantitative estimate of drug-likeness (QED) is 0.186. The number of benzene rings is 6. The third-order valence-corrected chi connectivity index (χ3v) is 11.4. The number of nitrogens with zero attached hydrogens (tertiary/aromatic N) is 2. The Morgan fingerprint density at radius 1 is 0.578 bits per heavy atom. The van der Waals surface area contributed by atoms with E-state index in [4.69, 9.17) is 0 Å². The van der Waals surface area contributed by atoms with Crippen molar-refractivity contribution in [2.24, 2.45) is 0 Å². The smallest absolute Gasteiger partial charge is 0.247 e. The number of hydrogen-bond acceptors (Lipinski definition) is 2. The van der Waals surface area contributed by atoms with Gasteiger partial charge in [0.25, 0.3) is 0 Å². The molecule has 212 valence electrons. The van der Waals surface area contributed by atoms with Crippen LogP contribution in [0.5, 0.6) is 0 Å². The minimum absolute atomic E-state index is 0.180. The van der Waals surface area contributed by atoms with Crippen molar-refractivity contribution >= 4 is 82.7 Å². The van der Waals surface area contributed by atoms with Crippen molar-refractivity contribution in [3.8, 4) is 5.69 Å². The molecule has 2 aliphatic heterocycles. The summed E-state index contributed by atoms with van der Waals surface area (Å²) in [5.41, 5.74) is 14.4. The summed E-state index contributed by atoms with van der Waals surface area (Å²) in [6, 6.07) is 51.6. The molecule has 2 aromatic heterocycles. The molecular weight excluding hydrogens is 563 g/mol. The van der Waals surface area contributed by atoms with E-state index in [2.05, 4.69) is 163 Å². The van der Waals surface area contributed by atoms with E-state index >= 15 is 0 Å². The van der Waals surface area contributed by atoms with Gasteiger partial charge in [-0.15, -0.1) is 11.3 Å². The minimum Gasteiger partial charge on any atom is -0.310 e. The number of rotatable bonds is 3. The van der Waals surface area contributed by atoms with Gasteiger partial charge in [-0.25, -0.2) is 0 Å². The summed E-state index contributed by atoms with van der Waals surface area (Å²) in [6.45, 7) is 5.01. The Hall–Kier alpha value is -5.06. The molecule has 10 rings (SSSR count). The maximum atomic E-state index is 2.62. The van der Waals surface area contributed by atoms with Gasteiger partial charge >= 0.3 is 0 Å². The lowest BCUT2D eigenvalue weighted by Crippen LogP contribution is -2.63. The first-order valence-electron chi connectivity index (χ1n) is 15.7. The van der Waals surface area contributed by atoms with Crippen LogP contribution in [0.15, 0.2) is 140 Å². The number of anilines is 3. The van der Waals surface area contributed by atoms with Crippen molar-refractivity contribution < 1.29 is 0 Å². The Morgan fingerprint density at radius 2 is 1.22 bits per heavy atom. The number of fused-ring (bicyclic) bond motifs is 9. The molecule has 2 nitrogen and oxygen atoms in total. The molecule has 0 saturated carbocycles. The molecule has 0 unspecified atom stereocenters. The molecule has 0 fully saturated rings. The van der Waals surface area contributed by atoms with Gasteiger partial charge < -0.3 is 9.47 Å².